The lowest BCUT2D eigenvalue weighted by Crippen LogP contribution is -2.01. The lowest BCUT2D eigenvalue weighted by Gasteiger charge is -1.98. The molecule has 0 aromatic carbocycles. The van der Waals surface area contributed by atoms with E-state index in [4.69, 9.17) is 0 Å². The maximum atomic E-state index is 4.17. The van der Waals surface area contributed by atoms with Crippen LogP contribution in [0.25, 0.3) is 0 Å². The Morgan fingerprint density at radius 1 is 1.70 bits per heavy atom. The van der Waals surface area contributed by atoms with Gasteiger partial charge in [-0.15, -0.1) is 0 Å². The van der Waals surface area contributed by atoms with E-state index in [0.29, 0.717) is 0 Å². The van der Waals surface area contributed by atoms with Crippen molar-refractivity contribution in [3.8, 4) is 0 Å². The molecule has 0 N–H and O–H groups in total. The van der Waals surface area contributed by atoms with E-state index in [2.05, 4.69) is 21.0 Å². The Bertz CT molecular complexity index is 227. The third kappa shape index (κ3) is 1.24. The van der Waals surface area contributed by atoms with E-state index in [0.717, 1.165) is 17.1 Å². The molecule has 0 amide bonds. The molecule has 0 spiro atoms. The summed E-state index contributed by atoms with van der Waals surface area (Å²) in [6.45, 7) is 1.09. The molecule has 1 aromatic rings. The standard InChI is InChI=1S/C7H9BrN2/c8-7-3-4-9-10(7)5-6-1-2-6/h3-4,6H,1-2,5H2. The molecule has 1 aliphatic carbocycles. The van der Waals surface area contributed by atoms with Crippen LogP contribution in [-0.4, -0.2) is 9.78 Å². The Hall–Kier alpha value is -0.310. The molecular weight excluding hydrogens is 192 g/mol. The van der Waals surface area contributed by atoms with Gasteiger partial charge in [0, 0.05) is 6.54 Å². The molecule has 0 saturated heterocycles. The molecule has 0 radical (unpaired) electrons. The van der Waals surface area contributed by atoms with Gasteiger partial charge in [0.25, 0.3) is 0 Å². The first-order valence-corrected chi connectivity index (χ1v) is 4.33. The number of rotatable bonds is 2. The van der Waals surface area contributed by atoms with Gasteiger partial charge in [-0.25, -0.2) is 0 Å². The molecule has 54 valence electrons. The molecule has 1 fully saturated rings. The zero-order valence-electron chi connectivity index (χ0n) is 5.63. The molecular formula is C7H9BrN2. The predicted octanol–water partition coefficient (Wildman–Crippen LogP) is 2.06. The fourth-order valence-electron chi connectivity index (χ4n) is 0.996. The third-order valence-corrected chi connectivity index (χ3v) is 2.47. The lowest BCUT2D eigenvalue weighted by atomic mass is 10.4. The lowest BCUT2D eigenvalue weighted by molar-refractivity contribution is 0.553. The van der Waals surface area contributed by atoms with Crippen molar-refractivity contribution in [2.45, 2.75) is 19.4 Å². The smallest absolute Gasteiger partial charge is 0.104 e. The third-order valence-electron chi connectivity index (χ3n) is 1.79. The summed E-state index contributed by atoms with van der Waals surface area (Å²) in [4.78, 5) is 0. The SMILES string of the molecule is Brc1ccnn1CC1CC1. The van der Waals surface area contributed by atoms with Crippen molar-refractivity contribution in [1.82, 2.24) is 9.78 Å². The highest BCUT2D eigenvalue weighted by atomic mass is 79.9. The van der Waals surface area contributed by atoms with Gasteiger partial charge in [0.05, 0.1) is 6.20 Å². The fourth-order valence-corrected chi connectivity index (χ4v) is 1.35. The van der Waals surface area contributed by atoms with E-state index in [1.165, 1.54) is 12.8 Å². The van der Waals surface area contributed by atoms with Crippen LogP contribution in [0.5, 0.6) is 0 Å². The van der Waals surface area contributed by atoms with Crippen molar-refractivity contribution in [2.24, 2.45) is 5.92 Å². The van der Waals surface area contributed by atoms with Crippen molar-refractivity contribution in [1.29, 1.82) is 0 Å². The van der Waals surface area contributed by atoms with Crippen molar-refractivity contribution < 1.29 is 0 Å². The van der Waals surface area contributed by atoms with Crippen LogP contribution in [0.1, 0.15) is 12.8 Å². The molecule has 0 aliphatic heterocycles. The first-order chi connectivity index (χ1) is 4.86. The maximum Gasteiger partial charge on any atom is 0.104 e. The van der Waals surface area contributed by atoms with E-state index >= 15 is 0 Å². The number of halogens is 1. The number of hydrogen-bond acceptors (Lipinski definition) is 1. The summed E-state index contributed by atoms with van der Waals surface area (Å²) in [6.07, 6.45) is 4.59. The second-order valence-corrected chi connectivity index (χ2v) is 3.59. The van der Waals surface area contributed by atoms with Gasteiger partial charge in [-0.1, -0.05) is 0 Å². The minimum Gasteiger partial charge on any atom is -0.258 e. The summed E-state index contributed by atoms with van der Waals surface area (Å²) in [5.74, 6) is 0.899. The van der Waals surface area contributed by atoms with Crippen LogP contribution in [0.4, 0.5) is 0 Å². The van der Waals surface area contributed by atoms with Gasteiger partial charge in [-0.05, 0) is 40.8 Å². The second-order valence-electron chi connectivity index (χ2n) is 2.78. The van der Waals surface area contributed by atoms with Gasteiger partial charge >= 0.3 is 0 Å². The quantitative estimate of drug-likeness (QED) is 0.715. The molecule has 2 nitrogen and oxygen atoms in total. The largest absolute Gasteiger partial charge is 0.258 e. The minimum absolute atomic E-state index is 0.899. The average Bonchev–Trinajstić information content (AvgIpc) is 2.62. The van der Waals surface area contributed by atoms with E-state index in [9.17, 15) is 0 Å². The molecule has 0 atom stereocenters. The Kier molecular flexibility index (Phi) is 1.52. The highest BCUT2D eigenvalue weighted by Crippen LogP contribution is 2.31. The van der Waals surface area contributed by atoms with E-state index in [1.807, 2.05) is 16.9 Å². The van der Waals surface area contributed by atoms with Gasteiger partial charge in [-0.3, -0.25) is 4.68 Å². The topological polar surface area (TPSA) is 17.8 Å². The number of hydrogen-bond donors (Lipinski definition) is 0. The van der Waals surface area contributed by atoms with Crippen molar-refractivity contribution in [3.05, 3.63) is 16.9 Å². The molecule has 1 heterocycles. The summed E-state index contributed by atoms with van der Waals surface area (Å²) in [5, 5.41) is 4.17. The minimum atomic E-state index is 0.899. The van der Waals surface area contributed by atoms with Gasteiger partial charge in [0.1, 0.15) is 4.60 Å². The summed E-state index contributed by atoms with van der Waals surface area (Å²) >= 11 is 3.42. The number of aromatic nitrogens is 2. The molecule has 2 rings (SSSR count). The predicted molar refractivity (Wildman–Crippen MR) is 42.7 cm³/mol. The summed E-state index contributed by atoms with van der Waals surface area (Å²) in [6, 6.07) is 1.97. The summed E-state index contributed by atoms with van der Waals surface area (Å²) in [5.41, 5.74) is 0. The summed E-state index contributed by atoms with van der Waals surface area (Å²) in [7, 11) is 0. The van der Waals surface area contributed by atoms with Crippen molar-refractivity contribution >= 4 is 15.9 Å². The molecule has 0 unspecified atom stereocenters. The van der Waals surface area contributed by atoms with Crippen LogP contribution < -0.4 is 0 Å². The van der Waals surface area contributed by atoms with Crippen molar-refractivity contribution in [2.75, 3.05) is 0 Å². The van der Waals surface area contributed by atoms with E-state index in [-0.39, 0.29) is 0 Å². The molecule has 1 aliphatic rings. The van der Waals surface area contributed by atoms with Gasteiger partial charge in [0.15, 0.2) is 0 Å². The first kappa shape index (κ1) is 6.40. The highest BCUT2D eigenvalue weighted by molar-refractivity contribution is 9.10. The maximum absolute atomic E-state index is 4.17. The fraction of sp³-hybridized carbons (Fsp3) is 0.571. The molecule has 0 bridgehead atoms. The van der Waals surface area contributed by atoms with Crippen LogP contribution in [0.2, 0.25) is 0 Å². The monoisotopic (exact) mass is 200 g/mol. The molecule has 1 saturated carbocycles. The van der Waals surface area contributed by atoms with Gasteiger partial charge < -0.3 is 0 Å². The van der Waals surface area contributed by atoms with Crippen LogP contribution in [-0.2, 0) is 6.54 Å². The Morgan fingerprint density at radius 3 is 3.00 bits per heavy atom. The second kappa shape index (κ2) is 2.38. The van der Waals surface area contributed by atoms with Crippen LogP contribution in [0.3, 0.4) is 0 Å². The Labute approximate surface area is 68.4 Å². The Balaban J connectivity index is 2.08. The number of nitrogens with zero attached hydrogens (tertiary/aromatic N) is 2. The zero-order chi connectivity index (χ0) is 6.97. The van der Waals surface area contributed by atoms with Crippen LogP contribution in [0.15, 0.2) is 16.9 Å². The van der Waals surface area contributed by atoms with E-state index < -0.39 is 0 Å². The Morgan fingerprint density at radius 2 is 2.50 bits per heavy atom. The average molecular weight is 201 g/mol. The van der Waals surface area contributed by atoms with Crippen LogP contribution >= 0.6 is 15.9 Å². The molecule has 10 heavy (non-hydrogen) atoms. The first-order valence-electron chi connectivity index (χ1n) is 3.53. The normalized spacial score (nSPS) is 17.7. The van der Waals surface area contributed by atoms with Gasteiger partial charge in [0.2, 0.25) is 0 Å². The van der Waals surface area contributed by atoms with E-state index in [1.54, 1.807) is 0 Å². The molecule has 3 heteroatoms. The van der Waals surface area contributed by atoms with Gasteiger partial charge in [-0.2, -0.15) is 5.10 Å². The zero-order valence-corrected chi connectivity index (χ0v) is 7.21. The van der Waals surface area contributed by atoms with Crippen molar-refractivity contribution in [3.63, 3.8) is 0 Å². The summed E-state index contributed by atoms with van der Waals surface area (Å²) < 4.78 is 3.11. The highest BCUT2D eigenvalue weighted by Gasteiger charge is 2.22. The van der Waals surface area contributed by atoms with Crippen LogP contribution in [0, 0.1) is 5.92 Å². The molecule has 1 aromatic heterocycles.